The minimum absolute atomic E-state index is 0.102. The van der Waals surface area contributed by atoms with Crippen molar-refractivity contribution in [2.45, 2.75) is 26.8 Å². The van der Waals surface area contributed by atoms with Crippen LogP contribution in [0.15, 0.2) is 12.1 Å². The Labute approximate surface area is 124 Å². The van der Waals surface area contributed by atoms with Crippen LogP contribution in [0.2, 0.25) is 5.02 Å². The molecule has 1 amide bonds. The van der Waals surface area contributed by atoms with Crippen molar-refractivity contribution in [1.82, 2.24) is 10.3 Å². The number of carbonyl (C=O) groups excluding carboxylic acids is 1. The van der Waals surface area contributed by atoms with Gasteiger partial charge in [0, 0.05) is 6.61 Å². The Morgan fingerprint density at radius 1 is 1.50 bits per heavy atom. The van der Waals surface area contributed by atoms with Gasteiger partial charge in [-0.2, -0.15) is 0 Å². The number of carbonyl (C=O) groups is 1. The summed E-state index contributed by atoms with van der Waals surface area (Å²) in [5, 5.41) is 3.16. The molecule has 7 heteroatoms. The first-order valence-electron chi connectivity index (χ1n) is 6.51. The highest BCUT2D eigenvalue weighted by molar-refractivity contribution is 6.33. The number of ether oxygens (including phenoxy) is 1. The van der Waals surface area contributed by atoms with Crippen molar-refractivity contribution in [1.29, 1.82) is 0 Å². The van der Waals surface area contributed by atoms with Crippen LogP contribution in [0.1, 0.15) is 31.3 Å². The molecule has 20 heavy (non-hydrogen) atoms. The summed E-state index contributed by atoms with van der Waals surface area (Å²) >= 11 is 5.99. The lowest BCUT2D eigenvalue weighted by atomic mass is 10.1. The Balaban J connectivity index is 2.82. The quantitative estimate of drug-likeness (QED) is 0.528. The highest BCUT2D eigenvalue weighted by atomic mass is 35.5. The molecule has 0 aromatic carbocycles. The molecule has 0 aliphatic carbocycles. The third-order valence-electron chi connectivity index (χ3n) is 2.83. The van der Waals surface area contributed by atoms with E-state index in [1.165, 1.54) is 0 Å². The fourth-order valence-corrected chi connectivity index (χ4v) is 1.76. The summed E-state index contributed by atoms with van der Waals surface area (Å²) in [5.41, 5.74) is 2.53. The Bertz CT molecular complexity index is 454. The van der Waals surface area contributed by atoms with E-state index in [0.29, 0.717) is 19.0 Å². The van der Waals surface area contributed by atoms with Crippen LogP contribution in [0, 0.1) is 5.92 Å². The van der Waals surface area contributed by atoms with Gasteiger partial charge in [0.05, 0.1) is 17.7 Å². The monoisotopic (exact) mass is 300 g/mol. The van der Waals surface area contributed by atoms with E-state index in [2.05, 4.69) is 15.7 Å². The zero-order chi connectivity index (χ0) is 15.1. The van der Waals surface area contributed by atoms with Gasteiger partial charge in [-0.05, 0) is 25.0 Å². The largest absolute Gasteiger partial charge is 0.380 e. The molecular formula is C13H21ClN4O2. The number of hydrogen-bond donors (Lipinski definition) is 3. The molecule has 4 N–H and O–H groups in total. The molecule has 0 aliphatic heterocycles. The van der Waals surface area contributed by atoms with Gasteiger partial charge >= 0.3 is 0 Å². The van der Waals surface area contributed by atoms with Gasteiger partial charge in [-0.15, -0.1) is 0 Å². The highest BCUT2D eigenvalue weighted by Gasteiger charge is 2.20. The van der Waals surface area contributed by atoms with Gasteiger partial charge in [0.15, 0.2) is 0 Å². The number of nitrogen functional groups attached to an aromatic ring is 1. The van der Waals surface area contributed by atoms with Crippen LogP contribution in [0.5, 0.6) is 0 Å². The number of anilines is 1. The zero-order valence-corrected chi connectivity index (χ0v) is 12.7. The molecule has 6 nitrogen and oxygen atoms in total. The molecule has 1 aromatic rings. The van der Waals surface area contributed by atoms with Gasteiger partial charge in [0.2, 0.25) is 0 Å². The van der Waals surface area contributed by atoms with E-state index in [-0.39, 0.29) is 28.6 Å². The van der Waals surface area contributed by atoms with E-state index < -0.39 is 0 Å². The van der Waals surface area contributed by atoms with Crippen molar-refractivity contribution in [2.75, 3.05) is 18.6 Å². The second kappa shape index (κ2) is 8.04. The molecule has 0 saturated heterocycles. The summed E-state index contributed by atoms with van der Waals surface area (Å²) in [5.74, 6) is 5.55. The molecule has 112 valence electrons. The third-order valence-corrected chi connectivity index (χ3v) is 3.14. The molecule has 1 aromatic heterocycles. The average molecular weight is 301 g/mol. The number of hydrogen-bond acceptors (Lipinski definition) is 5. The minimum Gasteiger partial charge on any atom is -0.380 e. The summed E-state index contributed by atoms with van der Waals surface area (Å²) in [6.07, 6.45) is 0. The Morgan fingerprint density at radius 2 is 2.20 bits per heavy atom. The molecule has 1 atom stereocenters. The molecule has 0 aliphatic rings. The molecule has 0 saturated carbocycles. The first-order chi connectivity index (χ1) is 9.49. The van der Waals surface area contributed by atoms with Crippen LogP contribution < -0.4 is 16.6 Å². The fourth-order valence-electron chi connectivity index (χ4n) is 1.56. The van der Waals surface area contributed by atoms with E-state index in [1.807, 2.05) is 20.8 Å². The van der Waals surface area contributed by atoms with Crippen molar-refractivity contribution in [3.05, 3.63) is 22.8 Å². The summed E-state index contributed by atoms with van der Waals surface area (Å²) in [6, 6.07) is 3.07. The maximum absolute atomic E-state index is 12.2. The Kier molecular flexibility index (Phi) is 6.70. The highest BCUT2D eigenvalue weighted by Crippen LogP contribution is 2.16. The number of nitrogens with one attached hydrogen (secondary N) is 2. The van der Waals surface area contributed by atoms with Gasteiger partial charge in [-0.25, -0.2) is 10.8 Å². The van der Waals surface area contributed by atoms with Crippen LogP contribution in [-0.4, -0.2) is 30.1 Å². The van der Waals surface area contributed by atoms with Crippen LogP contribution in [0.4, 0.5) is 5.82 Å². The number of rotatable bonds is 7. The van der Waals surface area contributed by atoms with E-state index in [9.17, 15) is 4.79 Å². The molecule has 0 fully saturated rings. The molecule has 0 radical (unpaired) electrons. The van der Waals surface area contributed by atoms with Crippen molar-refractivity contribution in [2.24, 2.45) is 11.8 Å². The van der Waals surface area contributed by atoms with Crippen LogP contribution in [0.25, 0.3) is 0 Å². The number of pyridine rings is 1. The number of aromatic nitrogens is 1. The second-order valence-electron chi connectivity index (χ2n) is 4.65. The van der Waals surface area contributed by atoms with E-state index in [0.717, 1.165) is 0 Å². The smallest absolute Gasteiger partial charge is 0.271 e. The third kappa shape index (κ3) is 4.63. The normalized spacial score (nSPS) is 12.3. The zero-order valence-electron chi connectivity index (χ0n) is 11.9. The van der Waals surface area contributed by atoms with E-state index in [4.69, 9.17) is 22.2 Å². The number of nitrogens with two attached hydrogens (primary N) is 1. The molecule has 0 spiro atoms. The summed E-state index contributed by atoms with van der Waals surface area (Å²) < 4.78 is 5.37. The first kappa shape index (κ1) is 16.7. The molecule has 1 heterocycles. The molecule has 0 bridgehead atoms. The fraction of sp³-hybridized carbons (Fsp3) is 0.538. The second-order valence-corrected chi connectivity index (χ2v) is 5.06. The molecule has 1 rings (SSSR count). The van der Waals surface area contributed by atoms with Crippen molar-refractivity contribution < 1.29 is 9.53 Å². The first-order valence-corrected chi connectivity index (χ1v) is 6.89. The van der Waals surface area contributed by atoms with Gasteiger partial charge in [-0.3, -0.25) is 4.79 Å². The SMILES string of the molecule is CCOCC(NC(=O)c1nc(NN)ccc1Cl)C(C)C. The lowest BCUT2D eigenvalue weighted by Gasteiger charge is -2.22. The molecular weight excluding hydrogens is 280 g/mol. The van der Waals surface area contributed by atoms with Crippen LogP contribution >= 0.6 is 11.6 Å². The molecule has 1 unspecified atom stereocenters. The number of amides is 1. The predicted molar refractivity (Wildman–Crippen MR) is 79.6 cm³/mol. The van der Waals surface area contributed by atoms with E-state index in [1.54, 1.807) is 12.1 Å². The minimum atomic E-state index is -0.342. The van der Waals surface area contributed by atoms with Crippen LogP contribution in [0.3, 0.4) is 0 Å². The average Bonchev–Trinajstić information content (AvgIpc) is 2.43. The Morgan fingerprint density at radius 3 is 2.75 bits per heavy atom. The summed E-state index contributed by atoms with van der Waals surface area (Å²) in [7, 11) is 0. The standard InChI is InChI=1S/C13H21ClN4O2/c1-4-20-7-10(8(2)3)16-13(19)12-9(14)5-6-11(17-12)18-15/h5-6,8,10H,4,7,15H2,1-3H3,(H,16,19)(H,17,18). The number of halogens is 1. The van der Waals surface area contributed by atoms with Gasteiger partial charge in [0.25, 0.3) is 5.91 Å². The van der Waals surface area contributed by atoms with Gasteiger partial charge < -0.3 is 15.5 Å². The van der Waals surface area contributed by atoms with Crippen molar-refractivity contribution >= 4 is 23.3 Å². The maximum Gasteiger partial charge on any atom is 0.271 e. The van der Waals surface area contributed by atoms with Crippen LogP contribution in [-0.2, 0) is 4.74 Å². The van der Waals surface area contributed by atoms with Gasteiger partial charge in [0.1, 0.15) is 11.5 Å². The maximum atomic E-state index is 12.2. The number of nitrogens with zero attached hydrogens (tertiary/aromatic N) is 1. The number of hydrazine groups is 1. The summed E-state index contributed by atoms with van der Waals surface area (Å²) in [6.45, 7) is 6.98. The predicted octanol–water partition coefficient (Wildman–Crippen LogP) is 1.81. The van der Waals surface area contributed by atoms with Crippen molar-refractivity contribution in [3.8, 4) is 0 Å². The van der Waals surface area contributed by atoms with Gasteiger partial charge in [-0.1, -0.05) is 25.4 Å². The topological polar surface area (TPSA) is 89.3 Å². The lowest BCUT2D eigenvalue weighted by Crippen LogP contribution is -2.42. The van der Waals surface area contributed by atoms with Crippen molar-refractivity contribution in [3.63, 3.8) is 0 Å². The summed E-state index contributed by atoms with van der Waals surface area (Å²) in [4.78, 5) is 16.3. The van der Waals surface area contributed by atoms with E-state index >= 15 is 0 Å². The Hall–Kier alpha value is -1.37. The lowest BCUT2D eigenvalue weighted by molar-refractivity contribution is 0.0802.